The Balaban J connectivity index is 1.92. The fourth-order valence-corrected chi connectivity index (χ4v) is 2.38. The standard InChI is InChI=1S/C16H21NO3/c1-17-11-5-7-14(12-17)20-16(18)10-9-13-6-3-4-8-15(13)19-2/h3-4,6,8-10,14H,5,7,11-12H2,1-2H3. The van der Waals surface area contributed by atoms with Crippen molar-refractivity contribution in [1.29, 1.82) is 0 Å². The van der Waals surface area contributed by atoms with Gasteiger partial charge in [-0.25, -0.2) is 4.79 Å². The molecule has 0 saturated carbocycles. The van der Waals surface area contributed by atoms with Crippen molar-refractivity contribution in [1.82, 2.24) is 4.90 Å². The minimum Gasteiger partial charge on any atom is -0.496 e. The maximum Gasteiger partial charge on any atom is 0.331 e. The fourth-order valence-electron chi connectivity index (χ4n) is 2.38. The van der Waals surface area contributed by atoms with Crippen molar-refractivity contribution < 1.29 is 14.3 Å². The van der Waals surface area contributed by atoms with Gasteiger partial charge in [0.25, 0.3) is 0 Å². The van der Waals surface area contributed by atoms with E-state index in [9.17, 15) is 4.79 Å². The molecule has 0 radical (unpaired) electrons. The van der Waals surface area contributed by atoms with Crippen LogP contribution in [-0.2, 0) is 9.53 Å². The van der Waals surface area contributed by atoms with Crippen LogP contribution in [0.15, 0.2) is 30.3 Å². The minimum atomic E-state index is -0.295. The lowest BCUT2D eigenvalue weighted by Gasteiger charge is -2.28. The quantitative estimate of drug-likeness (QED) is 0.624. The fraction of sp³-hybridized carbons (Fsp3) is 0.438. The van der Waals surface area contributed by atoms with Crippen LogP contribution in [0.1, 0.15) is 18.4 Å². The number of hydrogen-bond acceptors (Lipinski definition) is 4. The van der Waals surface area contributed by atoms with E-state index >= 15 is 0 Å². The topological polar surface area (TPSA) is 38.8 Å². The van der Waals surface area contributed by atoms with Crippen molar-refractivity contribution in [3.63, 3.8) is 0 Å². The highest BCUT2D eigenvalue weighted by Gasteiger charge is 2.19. The van der Waals surface area contributed by atoms with E-state index in [1.54, 1.807) is 13.2 Å². The van der Waals surface area contributed by atoms with Crippen LogP contribution in [-0.4, -0.2) is 44.2 Å². The molecule has 1 aliphatic rings. The number of likely N-dealkylation sites (N-methyl/N-ethyl adjacent to an activating group) is 1. The third kappa shape index (κ3) is 4.10. The van der Waals surface area contributed by atoms with Gasteiger partial charge < -0.3 is 14.4 Å². The van der Waals surface area contributed by atoms with Gasteiger partial charge in [-0.3, -0.25) is 0 Å². The van der Waals surface area contributed by atoms with E-state index in [1.165, 1.54) is 6.08 Å². The molecule has 1 aromatic rings. The number of piperidine rings is 1. The average Bonchev–Trinajstić information content (AvgIpc) is 2.45. The van der Waals surface area contributed by atoms with Crippen LogP contribution in [0.3, 0.4) is 0 Å². The predicted molar refractivity (Wildman–Crippen MR) is 78.6 cm³/mol. The molecule has 1 heterocycles. The third-order valence-electron chi connectivity index (χ3n) is 3.40. The first-order valence-corrected chi connectivity index (χ1v) is 6.89. The summed E-state index contributed by atoms with van der Waals surface area (Å²) in [5.41, 5.74) is 0.868. The summed E-state index contributed by atoms with van der Waals surface area (Å²) in [6.07, 6.45) is 5.22. The molecule has 4 heteroatoms. The van der Waals surface area contributed by atoms with E-state index in [4.69, 9.17) is 9.47 Å². The number of benzene rings is 1. The van der Waals surface area contributed by atoms with E-state index in [0.717, 1.165) is 37.2 Å². The molecule has 2 rings (SSSR count). The van der Waals surface area contributed by atoms with Crippen molar-refractivity contribution in [2.45, 2.75) is 18.9 Å². The molecule has 1 aromatic carbocycles. The summed E-state index contributed by atoms with van der Waals surface area (Å²) in [6.45, 7) is 1.89. The maximum atomic E-state index is 11.8. The van der Waals surface area contributed by atoms with E-state index in [2.05, 4.69) is 4.90 Å². The van der Waals surface area contributed by atoms with Crippen LogP contribution >= 0.6 is 0 Å². The molecule has 0 aromatic heterocycles. The number of nitrogens with zero attached hydrogens (tertiary/aromatic N) is 1. The van der Waals surface area contributed by atoms with Crippen molar-refractivity contribution in [2.24, 2.45) is 0 Å². The van der Waals surface area contributed by atoms with Crippen molar-refractivity contribution in [2.75, 3.05) is 27.2 Å². The number of hydrogen-bond donors (Lipinski definition) is 0. The Morgan fingerprint density at radius 3 is 2.95 bits per heavy atom. The van der Waals surface area contributed by atoms with Gasteiger partial charge in [0.1, 0.15) is 11.9 Å². The Kier molecular flexibility index (Phi) is 5.18. The van der Waals surface area contributed by atoms with Gasteiger partial charge in [0, 0.05) is 18.2 Å². The summed E-state index contributed by atoms with van der Waals surface area (Å²) in [6, 6.07) is 7.56. The van der Waals surface area contributed by atoms with Crippen LogP contribution in [0, 0.1) is 0 Å². The normalized spacial score (nSPS) is 20.0. The summed E-state index contributed by atoms with van der Waals surface area (Å²) >= 11 is 0. The molecule has 108 valence electrons. The number of ether oxygens (including phenoxy) is 2. The first kappa shape index (κ1) is 14.6. The Hall–Kier alpha value is -1.81. The molecular formula is C16H21NO3. The highest BCUT2D eigenvalue weighted by atomic mass is 16.5. The van der Waals surface area contributed by atoms with E-state index < -0.39 is 0 Å². The molecule has 4 nitrogen and oxygen atoms in total. The van der Waals surface area contributed by atoms with E-state index in [0.29, 0.717) is 0 Å². The summed E-state index contributed by atoms with van der Waals surface area (Å²) in [5.74, 6) is 0.449. The van der Waals surface area contributed by atoms with Crippen LogP contribution in [0.4, 0.5) is 0 Å². The van der Waals surface area contributed by atoms with Gasteiger partial charge in [0.05, 0.1) is 7.11 Å². The molecule has 0 N–H and O–H groups in total. The lowest BCUT2D eigenvalue weighted by molar-refractivity contribution is -0.145. The highest BCUT2D eigenvalue weighted by Crippen LogP contribution is 2.19. The van der Waals surface area contributed by atoms with Gasteiger partial charge >= 0.3 is 5.97 Å². The monoisotopic (exact) mass is 275 g/mol. The first-order chi connectivity index (χ1) is 9.69. The number of methoxy groups -OCH3 is 1. The van der Waals surface area contributed by atoms with E-state index in [-0.39, 0.29) is 12.1 Å². The van der Waals surface area contributed by atoms with Crippen molar-refractivity contribution >= 4 is 12.0 Å². The highest BCUT2D eigenvalue weighted by molar-refractivity contribution is 5.87. The van der Waals surface area contributed by atoms with E-state index in [1.807, 2.05) is 31.3 Å². The molecular weight excluding hydrogens is 254 g/mol. The zero-order valence-corrected chi connectivity index (χ0v) is 12.0. The summed E-state index contributed by atoms with van der Waals surface area (Å²) in [7, 11) is 3.66. The predicted octanol–water partition coefficient (Wildman–Crippen LogP) is 2.35. The van der Waals surface area contributed by atoms with Crippen molar-refractivity contribution in [3.05, 3.63) is 35.9 Å². The van der Waals surface area contributed by atoms with Gasteiger partial charge in [-0.1, -0.05) is 18.2 Å². The lowest BCUT2D eigenvalue weighted by atomic mass is 10.1. The number of esters is 1. The Morgan fingerprint density at radius 1 is 1.40 bits per heavy atom. The number of rotatable bonds is 4. The number of para-hydroxylation sites is 1. The van der Waals surface area contributed by atoms with Crippen LogP contribution < -0.4 is 4.74 Å². The Labute approximate surface area is 120 Å². The van der Waals surface area contributed by atoms with Crippen LogP contribution in [0.5, 0.6) is 5.75 Å². The number of carbonyl (C=O) groups excluding carboxylic acids is 1. The average molecular weight is 275 g/mol. The Morgan fingerprint density at radius 2 is 2.20 bits per heavy atom. The molecule has 1 saturated heterocycles. The zero-order valence-electron chi connectivity index (χ0n) is 12.0. The molecule has 1 atom stereocenters. The van der Waals surface area contributed by atoms with Gasteiger partial charge in [-0.05, 0) is 38.6 Å². The van der Waals surface area contributed by atoms with Crippen LogP contribution in [0.25, 0.3) is 6.08 Å². The second-order valence-electron chi connectivity index (χ2n) is 5.04. The molecule has 1 aliphatic heterocycles. The third-order valence-corrected chi connectivity index (χ3v) is 3.40. The SMILES string of the molecule is COc1ccccc1C=CC(=O)OC1CCCN(C)C1. The van der Waals surface area contributed by atoms with Gasteiger partial charge in [0.15, 0.2) is 0 Å². The Bertz CT molecular complexity index is 484. The largest absolute Gasteiger partial charge is 0.496 e. The smallest absolute Gasteiger partial charge is 0.331 e. The molecule has 0 bridgehead atoms. The molecule has 1 unspecified atom stereocenters. The zero-order chi connectivity index (χ0) is 14.4. The summed E-state index contributed by atoms with van der Waals surface area (Å²) in [5, 5.41) is 0. The molecule has 0 aliphatic carbocycles. The van der Waals surface area contributed by atoms with Crippen molar-refractivity contribution in [3.8, 4) is 5.75 Å². The van der Waals surface area contributed by atoms with Gasteiger partial charge in [0.2, 0.25) is 0 Å². The molecule has 0 spiro atoms. The summed E-state index contributed by atoms with van der Waals surface area (Å²) < 4.78 is 10.7. The molecule has 20 heavy (non-hydrogen) atoms. The first-order valence-electron chi connectivity index (χ1n) is 6.89. The molecule has 0 amide bonds. The van der Waals surface area contributed by atoms with Gasteiger partial charge in [-0.2, -0.15) is 0 Å². The van der Waals surface area contributed by atoms with Crippen LogP contribution in [0.2, 0.25) is 0 Å². The second kappa shape index (κ2) is 7.10. The maximum absolute atomic E-state index is 11.8. The van der Waals surface area contributed by atoms with Gasteiger partial charge in [-0.15, -0.1) is 0 Å². The minimum absolute atomic E-state index is 0.00330. The lowest BCUT2D eigenvalue weighted by Crippen LogP contribution is -2.37. The summed E-state index contributed by atoms with van der Waals surface area (Å²) in [4.78, 5) is 14.0. The number of likely N-dealkylation sites (tertiary alicyclic amines) is 1. The molecule has 1 fully saturated rings. The second-order valence-corrected chi connectivity index (χ2v) is 5.04. The number of carbonyl (C=O) groups is 1.